The van der Waals surface area contributed by atoms with Gasteiger partial charge in [-0.3, -0.25) is 38.4 Å². The van der Waals surface area contributed by atoms with Crippen LogP contribution in [0.2, 0.25) is 0 Å². The molecule has 64 heavy (non-hydrogen) atoms. The Morgan fingerprint density at radius 2 is 0.438 bits per heavy atom. The molecule has 0 heterocycles. The molecule has 0 spiro atoms. The van der Waals surface area contributed by atoms with Crippen molar-refractivity contribution in [2.45, 2.75) is 107 Å². The molecule has 4 aromatic rings. The summed E-state index contributed by atoms with van der Waals surface area (Å²) in [6.07, 6.45) is -0.544. The molecule has 0 aromatic heterocycles. The van der Waals surface area contributed by atoms with Crippen molar-refractivity contribution in [3.63, 3.8) is 0 Å². The van der Waals surface area contributed by atoms with Gasteiger partial charge in [-0.15, -0.1) is 0 Å². The van der Waals surface area contributed by atoms with Gasteiger partial charge in [0.1, 0.15) is 69.3 Å². The van der Waals surface area contributed by atoms with Crippen molar-refractivity contribution < 1.29 is 58.8 Å². The van der Waals surface area contributed by atoms with Gasteiger partial charge in [0.05, 0.1) is 23.7 Å². The molecule has 8 bridgehead atoms. The number of rotatable bonds is 16. The Hall–Kier alpha value is -6.56. The van der Waals surface area contributed by atoms with Crippen LogP contribution >= 0.6 is 0 Å². The minimum absolute atomic E-state index is 0.0122. The molecule has 5 rings (SSSR count). The second-order valence-electron chi connectivity index (χ2n) is 17.7. The molecule has 1 aliphatic carbocycles. The lowest BCUT2D eigenvalue weighted by Crippen LogP contribution is -2.22. The summed E-state index contributed by atoms with van der Waals surface area (Å²) in [5, 5.41) is 48.3. The zero-order chi connectivity index (χ0) is 47.5. The molecule has 4 N–H and O–H groups in total. The van der Waals surface area contributed by atoms with Crippen LogP contribution in [-0.4, -0.2) is 66.7 Å². The van der Waals surface area contributed by atoms with Crippen LogP contribution in [0.4, 0.5) is 0 Å². The number of hydrogen-bond acceptors (Lipinski definition) is 12. The largest absolute Gasteiger partial charge is 0.507 e. The van der Waals surface area contributed by atoms with Crippen molar-refractivity contribution in [3.8, 4) is 23.0 Å². The average Bonchev–Trinajstić information content (AvgIpc) is 3.19. The Balaban J connectivity index is 1.87. The first kappa shape index (κ1) is 48.5. The number of fused-ring (bicyclic) bond motifs is 8. The van der Waals surface area contributed by atoms with Crippen LogP contribution in [0.3, 0.4) is 0 Å². The summed E-state index contributed by atoms with van der Waals surface area (Å²) in [6.45, 7) is 10.6. The van der Waals surface area contributed by atoms with Gasteiger partial charge in [0, 0.05) is 25.7 Å². The molecule has 0 aliphatic heterocycles. The van der Waals surface area contributed by atoms with Gasteiger partial charge in [-0.25, -0.2) is 0 Å². The smallest absolute Gasteiger partial charge is 0.140 e. The first-order chi connectivity index (χ1) is 29.9. The third-order valence-electron chi connectivity index (χ3n) is 12.5. The van der Waals surface area contributed by atoms with Crippen molar-refractivity contribution >= 4 is 46.3 Å². The van der Waals surface area contributed by atoms with Crippen LogP contribution in [0.5, 0.6) is 23.0 Å². The van der Waals surface area contributed by atoms with E-state index < -0.39 is 23.7 Å². The van der Waals surface area contributed by atoms with Gasteiger partial charge in [-0.1, -0.05) is 48.5 Å². The maximum atomic E-state index is 12.7. The summed E-state index contributed by atoms with van der Waals surface area (Å²) in [5.41, 5.74) is 4.33. The van der Waals surface area contributed by atoms with Gasteiger partial charge in [-0.05, 0) is 148 Å². The maximum Gasteiger partial charge on any atom is 0.140 e. The molecule has 12 nitrogen and oxygen atoms in total. The van der Waals surface area contributed by atoms with Crippen molar-refractivity contribution in [3.05, 3.63) is 115 Å². The van der Waals surface area contributed by atoms with Crippen molar-refractivity contribution in [1.29, 1.82) is 0 Å². The lowest BCUT2D eigenvalue weighted by molar-refractivity contribution is -0.131. The van der Waals surface area contributed by atoms with Gasteiger partial charge in [-0.2, -0.15) is 0 Å². The first-order valence-corrected chi connectivity index (χ1v) is 21.3. The minimum Gasteiger partial charge on any atom is -0.507 e. The van der Waals surface area contributed by atoms with Crippen LogP contribution in [0, 0.1) is 23.7 Å². The lowest BCUT2D eigenvalue weighted by atomic mass is 9.84. The molecular weight excluding hydrogens is 817 g/mol. The van der Waals surface area contributed by atoms with E-state index in [9.17, 15) is 58.8 Å². The average molecular weight is 873 g/mol. The van der Waals surface area contributed by atoms with Gasteiger partial charge >= 0.3 is 0 Å². The van der Waals surface area contributed by atoms with Crippen molar-refractivity contribution in [2.75, 3.05) is 0 Å². The molecule has 0 fully saturated rings. The van der Waals surface area contributed by atoms with Gasteiger partial charge in [0.2, 0.25) is 0 Å². The Kier molecular flexibility index (Phi) is 15.0. The number of aromatic hydroxyl groups is 4. The van der Waals surface area contributed by atoms with Crippen molar-refractivity contribution in [1.82, 2.24) is 0 Å². The van der Waals surface area contributed by atoms with Gasteiger partial charge in [0.25, 0.3) is 0 Å². The van der Waals surface area contributed by atoms with Crippen LogP contribution < -0.4 is 0 Å². The highest BCUT2D eigenvalue weighted by Gasteiger charge is 2.28. The van der Waals surface area contributed by atoms with Crippen LogP contribution in [0.1, 0.15) is 122 Å². The third kappa shape index (κ3) is 11.1. The fourth-order valence-electron chi connectivity index (χ4n) is 8.94. The molecular formula is C52H56O12. The number of carbonyl (C=O) groups is 8. The fraction of sp³-hybridized carbons (Fsp3) is 0.385. The summed E-state index contributed by atoms with van der Waals surface area (Å²) in [5.74, 6) is -7.63. The normalized spacial score (nSPS) is 12.4. The molecule has 12 heteroatoms. The quantitative estimate of drug-likeness (QED) is 0.0779. The van der Waals surface area contributed by atoms with Crippen LogP contribution in [0.15, 0.2) is 48.5 Å². The molecule has 0 unspecified atom stereocenters. The number of ketones is 8. The second kappa shape index (κ2) is 19.9. The third-order valence-corrected chi connectivity index (χ3v) is 12.5. The van der Waals surface area contributed by atoms with Crippen molar-refractivity contribution in [2.24, 2.45) is 23.7 Å². The Labute approximate surface area is 372 Å². The molecule has 0 atom stereocenters. The molecule has 0 amide bonds. The number of Topliss-reactive ketones (excluding diaryl/α,β-unsaturated/α-hetero) is 8. The van der Waals surface area contributed by atoms with Crippen LogP contribution in [-0.2, 0) is 89.7 Å². The summed E-state index contributed by atoms with van der Waals surface area (Å²) in [6, 6.07) is 13.1. The Bertz CT molecular complexity index is 2110. The summed E-state index contributed by atoms with van der Waals surface area (Å²) < 4.78 is 0. The molecule has 336 valence electrons. The van der Waals surface area contributed by atoms with E-state index in [1.54, 1.807) is 48.5 Å². The van der Waals surface area contributed by atoms with E-state index in [0.717, 1.165) is 0 Å². The van der Waals surface area contributed by atoms with E-state index >= 15 is 0 Å². The standard InChI is InChI=1S/C52H56O12/c1-25(53)45(26(2)54)17-33-9-37-21-39-11-34(18-46(27(3)55)28(4)56)13-41(50(39)62)23-43-15-36(20-48(31(7)59)32(8)60)16-44(52(43)64)24-42-14-35(19-47(29(5)57)30(6)58)12-40(51(42)63)22-38(10-33)49(37)61/h9-16,45-48,61-64H,17-24H2,1-8H3. The number of hydrogen-bond donors (Lipinski definition) is 4. The summed E-state index contributed by atoms with van der Waals surface area (Å²) in [4.78, 5) is 101. The summed E-state index contributed by atoms with van der Waals surface area (Å²) in [7, 11) is 0. The lowest BCUT2D eigenvalue weighted by Gasteiger charge is -2.21. The monoisotopic (exact) mass is 872 g/mol. The van der Waals surface area contributed by atoms with E-state index in [1.807, 2.05) is 0 Å². The second-order valence-corrected chi connectivity index (χ2v) is 17.7. The number of phenolic OH excluding ortho intramolecular Hbond substituents is 4. The van der Waals surface area contributed by atoms with Gasteiger partial charge in [0.15, 0.2) is 0 Å². The molecule has 1 aliphatic rings. The molecule has 4 aromatic carbocycles. The molecule has 0 saturated carbocycles. The predicted octanol–water partition coefficient (Wildman–Crippen LogP) is 6.53. The van der Waals surface area contributed by atoms with E-state index in [-0.39, 0.29) is 165 Å². The van der Waals surface area contributed by atoms with Gasteiger partial charge < -0.3 is 20.4 Å². The number of carbonyl (C=O) groups excluding carboxylic acids is 8. The predicted molar refractivity (Wildman–Crippen MR) is 238 cm³/mol. The minimum atomic E-state index is -0.993. The summed E-state index contributed by atoms with van der Waals surface area (Å²) >= 11 is 0. The fourth-order valence-corrected chi connectivity index (χ4v) is 8.94. The SMILES string of the molecule is CC(=O)C(Cc1cc2c(O)c(c1)Cc1cc(CC(C(C)=O)C(C)=O)cc(c1O)Cc1cc(CC(C(C)=O)C(C)=O)cc(c1O)Cc1cc(CC(C(C)=O)C(C)=O)cc(c1O)C2)C(C)=O. The zero-order valence-electron chi connectivity index (χ0n) is 37.6. The first-order valence-electron chi connectivity index (χ1n) is 21.3. The highest BCUT2D eigenvalue weighted by molar-refractivity contribution is 6.02. The maximum absolute atomic E-state index is 12.7. The highest BCUT2D eigenvalue weighted by atomic mass is 16.3. The van der Waals surface area contributed by atoms with E-state index in [2.05, 4.69) is 0 Å². The van der Waals surface area contributed by atoms with E-state index in [4.69, 9.17) is 0 Å². The number of benzene rings is 4. The number of phenols is 4. The molecule has 0 saturated heterocycles. The van der Waals surface area contributed by atoms with E-state index in [0.29, 0.717) is 22.3 Å². The highest BCUT2D eigenvalue weighted by Crippen LogP contribution is 2.40. The Morgan fingerprint density at radius 3 is 0.547 bits per heavy atom. The van der Waals surface area contributed by atoms with Crippen LogP contribution in [0.25, 0.3) is 0 Å². The Morgan fingerprint density at radius 1 is 0.312 bits per heavy atom. The van der Waals surface area contributed by atoms with E-state index in [1.165, 1.54) is 55.4 Å². The topological polar surface area (TPSA) is 217 Å². The molecule has 0 radical (unpaired) electrons. The zero-order valence-corrected chi connectivity index (χ0v) is 37.6.